The SMILES string of the molecule is Cc1ccc(CC(=O)N(C)C(Cc2ccc3ccccc3c2)C(=O)NC2CCCCC2NC(=O)c2c[nH]c3ccccc23)cc1. The summed E-state index contributed by atoms with van der Waals surface area (Å²) < 4.78 is 0. The summed E-state index contributed by atoms with van der Waals surface area (Å²) in [5, 5.41) is 9.57. The van der Waals surface area contributed by atoms with Crippen LogP contribution in [0.5, 0.6) is 0 Å². The van der Waals surface area contributed by atoms with Crippen molar-refractivity contribution < 1.29 is 14.4 Å². The van der Waals surface area contributed by atoms with E-state index < -0.39 is 6.04 Å². The van der Waals surface area contributed by atoms with Crippen LogP contribution in [0.15, 0.2) is 97.2 Å². The molecule has 1 saturated carbocycles. The number of carbonyl (C=O) groups excluding carboxylic acids is 3. The highest BCUT2D eigenvalue weighted by Crippen LogP contribution is 2.23. The number of benzene rings is 4. The second-order valence-electron chi connectivity index (χ2n) is 12.3. The average Bonchev–Trinajstić information content (AvgIpc) is 3.49. The molecule has 3 N–H and O–H groups in total. The number of nitrogens with zero attached hydrogens (tertiary/aromatic N) is 1. The van der Waals surface area contributed by atoms with Crippen LogP contribution in [0.3, 0.4) is 0 Å². The Hall–Kier alpha value is -4.91. The van der Waals surface area contributed by atoms with Crippen LogP contribution in [0.25, 0.3) is 21.7 Å². The minimum Gasteiger partial charge on any atom is -0.360 e. The fourth-order valence-electron chi connectivity index (χ4n) is 6.43. The number of aromatic amines is 1. The second kappa shape index (κ2) is 13.4. The number of fused-ring (bicyclic) bond motifs is 2. The van der Waals surface area contributed by atoms with Crippen LogP contribution in [-0.4, -0.2) is 52.8 Å². The van der Waals surface area contributed by atoms with Crippen LogP contribution in [0.2, 0.25) is 0 Å². The van der Waals surface area contributed by atoms with Crippen molar-refractivity contribution in [3.63, 3.8) is 0 Å². The van der Waals surface area contributed by atoms with E-state index in [1.54, 1.807) is 18.1 Å². The topological polar surface area (TPSA) is 94.3 Å². The number of rotatable bonds is 9. The molecular weight excluding hydrogens is 560 g/mol. The lowest BCUT2D eigenvalue weighted by Crippen LogP contribution is -2.57. The molecule has 3 unspecified atom stereocenters. The zero-order chi connectivity index (χ0) is 31.3. The van der Waals surface area contributed by atoms with E-state index >= 15 is 0 Å². The molecule has 7 nitrogen and oxygen atoms in total. The Bertz CT molecular complexity index is 1830. The van der Waals surface area contributed by atoms with E-state index in [4.69, 9.17) is 0 Å². The molecule has 0 radical (unpaired) electrons. The fraction of sp³-hybridized carbons (Fsp3) is 0.289. The average molecular weight is 601 g/mol. The third-order valence-electron chi connectivity index (χ3n) is 9.13. The molecule has 1 heterocycles. The predicted octanol–water partition coefficient (Wildman–Crippen LogP) is 6.10. The third-order valence-corrected chi connectivity index (χ3v) is 9.13. The molecule has 1 fully saturated rings. The Morgan fingerprint density at radius 3 is 2.27 bits per heavy atom. The van der Waals surface area contributed by atoms with Gasteiger partial charge in [-0.2, -0.15) is 0 Å². The quantitative estimate of drug-likeness (QED) is 0.191. The molecule has 0 saturated heterocycles. The van der Waals surface area contributed by atoms with E-state index in [1.165, 1.54) is 0 Å². The molecule has 0 bridgehead atoms. The van der Waals surface area contributed by atoms with Crippen molar-refractivity contribution in [2.24, 2.45) is 0 Å². The van der Waals surface area contributed by atoms with Crippen molar-refractivity contribution >= 4 is 39.4 Å². The number of H-pyrrole nitrogens is 1. The van der Waals surface area contributed by atoms with E-state index in [0.29, 0.717) is 12.0 Å². The van der Waals surface area contributed by atoms with Gasteiger partial charge in [0, 0.05) is 42.7 Å². The fourth-order valence-corrected chi connectivity index (χ4v) is 6.43. The number of hydrogen-bond acceptors (Lipinski definition) is 3. The molecule has 1 aliphatic rings. The maximum atomic E-state index is 14.1. The number of carbonyl (C=O) groups is 3. The van der Waals surface area contributed by atoms with Crippen LogP contribution in [-0.2, 0) is 22.4 Å². The maximum Gasteiger partial charge on any atom is 0.253 e. The largest absolute Gasteiger partial charge is 0.360 e. The highest BCUT2D eigenvalue weighted by molar-refractivity contribution is 6.06. The number of aromatic nitrogens is 1. The highest BCUT2D eigenvalue weighted by atomic mass is 16.2. The van der Waals surface area contributed by atoms with E-state index in [0.717, 1.165) is 64.0 Å². The molecule has 1 aromatic heterocycles. The standard InChI is InChI=1S/C38H40N4O3/c1-25-15-17-26(18-16-25)23-36(43)42(2)35(22-27-19-20-28-9-3-4-10-29(28)21-27)38(45)41-34-14-8-7-13-33(34)40-37(44)31-24-39-32-12-6-5-11-30(31)32/h3-6,9-12,15-21,24,33-35,39H,7-8,13-14,22-23H2,1-2H3,(H,40,44)(H,41,45). The normalized spacial score (nSPS) is 17.1. The van der Waals surface area contributed by atoms with Crippen LogP contribution in [0.1, 0.15) is 52.7 Å². The summed E-state index contributed by atoms with van der Waals surface area (Å²) in [6.07, 6.45) is 5.80. The number of hydrogen-bond donors (Lipinski definition) is 3. The molecule has 230 valence electrons. The van der Waals surface area contributed by atoms with Crippen LogP contribution >= 0.6 is 0 Å². The Morgan fingerprint density at radius 2 is 1.49 bits per heavy atom. The third kappa shape index (κ3) is 6.93. The van der Waals surface area contributed by atoms with Crippen molar-refractivity contribution in [2.75, 3.05) is 7.05 Å². The number of likely N-dealkylation sites (N-methyl/N-ethyl adjacent to an activating group) is 1. The molecular formula is C38H40N4O3. The summed E-state index contributed by atoms with van der Waals surface area (Å²) in [6.45, 7) is 2.02. The summed E-state index contributed by atoms with van der Waals surface area (Å²) in [4.78, 5) is 45.9. The van der Waals surface area contributed by atoms with Gasteiger partial charge < -0.3 is 20.5 Å². The van der Waals surface area contributed by atoms with Gasteiger partial charge in [-0.3, -0.25) is 14.4 Å². The lowest BCUT2D eigenvalue weighted by atomic mass is 9.89. The van der Waals surface area contributed by atoms with Crippen molar-refractivity contribution in [3.05, 3.63) is 119 Å². The lowest BCUT2D eigenvalue weighted by Gasteiger charge is -2.35. The molecule has 1 aliphatic carbocycles. The van der Waals surface area contributed by atoms with Crippen LogP contribution < -0.4 is 10.6 Å². The molecule has 4 aromatic carbocycles. The summed E-state index contributed by atoms with van der Waals surface area (Å²) in [5.74, 6) is -0.481. The van der Waals surface area contributed by atoms with E-state index in [9.17, 15) is 14.4 Å². The summed E-state index contributed by atoms with van der Waals surface area (Å²) >= 11 is 0. The first-order valence-electron chi connectivity index (χ1n) is 15.8. The zero-order valence-electron chi connectivity index (χ0n) is 25.9. The molecule has 3 amide bonds. The van der Waals surface area contributed by atoms with Gasteiger partial charge in [0.25, 0.3) is 5.91 Å². The Balaban J connectivity index is 1.21. The zero-order valence-corrected chi connectivity index (χ0v) is 25.9. The van der Waals surface area contributed by atoms with E-state index in [2.05, 4.69) is 39.9 Å². The van der Waals surface area contributed by atoms with Gasteiger partial charge in [-0.1, -0.05) is 103 Å². The monoisotopic (exact) mass is 600 g/mol. The summed E-state index contributed by atoms with van der Waals surface area (Å²) in [5.41, 5.74) is 4.53. The molecule has 7 heteroatoms. The second-order valence-corrected chi connectivity index (χ2v) is 12.3. The Morgan fingerprint density at radius 1 is 0.822 bits per heavy atom. The smallest absolute Gasteiger partial charge is 0.253 e. The summed E-state index contributed by atoms with van der Waals surface area (Å²) in [7, 11) is 1.72. The van der Waals surface area contributed by atoms with Gasteiger partial charge in [0.2, 0.25) is 11.8 Å². The number of aryl methyl sites for hydroxylation is 1. The number of amides is 3. The van der Waals surface area contributed by atoms with Gasteiger partial charge in [0.05, 0.1) is 12.0 Å². The first-order valence-corrected chi connectivity index (χ1v) is 15.8. The number of nitrogens with one attached hydrogen (secondary N) is 3. The Kier molecular flexibility index (Phi) is 8.96. The van der Waals surface area contributed by atoms with Gasteiger partial charge in [0.15, 0.2) is 0 Å². The van der Waals surface area contributed by atoms with E-state index in [-0.39, 0.29) is 36.2 Å². The van der Waals surface area contributed by atoms with Crippen molar-refractivity contribution in [3.8, 4) is 0 Å². The van der Waals surface area contributed by atoms with Gasteiger partial charge in [-0.05, 0) is 47.7 Å². The minimum atomic E-state index is -0.712. The van der Waals surface area contributed by atoms with Crippen LogP contribution in [0, 0.1) is 6.92 Å². The van der Waals surface area contributed by atoms with E-state index in [1.807, 2.05) is 73.7 Å². The molecule has 5 aromatic rings. The molecule has 6 rings (SSSR count). The highest BCUT2D eigenvalue weighted by Gasteiger charge is 2.33. The predicted molar refractivity (Wildman–Crippen MR) is 179 cm³/mol. The first kappa shape index (κ1) is 30.1. The van der Waals surface area contributed by atoms with Crippen molar-refractivity contribution in [1.82, 2.24) is 20.5 Å². The Labute approximate surface area is 264 Å². The van der Waals surface area contributed by atoms with Gasteiger partial charge >= 0.3 is 0 Å². The summed E-state index contributed by atoms with van der Waals surface area (Å²) in [6, 6.07) is 28.8. The lowest BCUT2D eigenvalue weighted by molar-refractivity contribution is -0.139. The van der Waals surface area contributed by atoms with Crippen molar-refractivity contribution in [1.29, 1.82) is 0 Å². The van der Waals surface area contributed by atoms with Crippen molar-refractivity contribution in [2.45, 2.75) is 63.6 Å². The maximum absolute atomic E-state index is 14.1. The minimum absolute atomic E-state index is 0.118. The first-order chi connectivity index (χ1) is 21.9. The molecule has 0 spiro atoms. The molecule has 0 aliphatic heterocycles. The molecule has 45 heavy (non-hydrogen) atoms. The van der Waals surface area contributed by atoms with Gasteiger partial charge in [-0.25, -0.2) is 0 Å². The van der Waals surface area contributed by atoms with Gasteiger partial charge in [0.1, 0.15) is 6.04 Å². The van der Waals surface area contributed by atoms with Crippen LogP contribution in [0.4, 0.5) is 0 Å². The van der Waals surface area contributed by atoms with Gasteiger partial charge in [-0.15, -0.1) is 0 Å². The number of para-hydroxylation sites is 1. The molecule has 3 atom stereocenters.